The van der Waals surface area contributed by atoms with Crippen molar-refractivity contribution in [3.63, 3.8) is 0 Å². The highest BCUT2D eigenvalue weighted by atomic mass is 16.2. The van der Waals surface area contributed by atoms with Crippen molar-refractivity contribution in [1.29, 1.82) is 0 Å². The third-order valence-electron chi connectivity index (χ3n) is 4.07. The second kappa shape index (κ2) is 4.26. The molecule has 2 unspecified atom stereocenters. The van der Waals surface area contributed by atoms with Crippen LogP contribution in [0.25, 0.3) is 0 Å². The average molecular weight is 259 g/mol. The maximum atomic E-state index is 12.4. The lowest BCUT2D eigenvalue weighted by Gasteiger charge is -2.36. The normalized spacial score (nSPS) is 26.3. The SMILES string of the molecule is CC1NC(=O)CCC1N1Cc2c(N)cccc2C1=O. The lowest BCUT2D eigenvalue weighted by Crippen LogP contribution is -2.54. The van der Waals surface area contributed by atoms with E-state index in [-0.39, 0.29) is 23.9 Å². The predicted octanol–water partition coefficient (Wildman–Crippen LogP) is 0.892. The molecule has 3 rings (SSSR count). The van der Waals surface area contributed by atoms with Gasteiger partial charge < -0.3 is 16.0 Å². The Morgan fingerprint density at radius 3 is 2.84 bits per heavy atom. The quantitative estimate of drug-likeness (QED) is 0.735. The van der Waals surface area contributed by atoms with Gasteiger partial charge in [-0.15, -0.1) is 0 Å². The van der Waals surface area contributed by atoms with Gasteiger partial charge in [-0.1, -0.05) is 6.07 Å². The number of nitrogens with one attached hydrogen (secondary N) is 1. The fourth-order valence-electron chi connectivity index (χ4n) is 3.02. The number of carbonyl (C=O) groups excluding carboxylic acids is 2. The first-order chi connectivity index (χ1) is 9.08. The van der Waals surface area contributed by atoms with Gasteiger partial charge in [0, 0.05) is 35.8 Å². The van der Waals surface area contributed by atoms with Crippen molar-refractivity contribution in [2.24, 2.45) is 0 Å². The van der Waals surface area contributed by atoms with E-state index in [2.05, 4.69) is 5.32 Å². The van der Waals surface area contributed by atoms with E-state index in [0.717, 1.165) is 5.56 Å². The number of carbonyl (C=O) groups is 2. The molecule has 1 saturated heterocycles. The van der Waals surface area contributed by atoms with Gasteiger partial charge in [0.1, 0.15) is 0 Å². The average Bonchev–Trinajstić information content (AvgIpc) is 2.69. The van der Waals surface area contributed by atoms with Crippen LogP contribution in [0.2, 0.25) is 0 Å². The maximum absolute atomic E-state index is 12.4. The highest BCUT2D eigenvalue weighted by Crippen LogP contribution is 2.31. The molecule has 2 aliphatic heterocycles. The fourth-order valence-corrected chi connectivity index (χ4v) is 3.02. The minimum atomic E-state index is -0.0132. The summed E-state index contributed by atoms with van der Waals surface area (Å²) in [5, 5.41) is 2.90. The first-order valence-electron chi connectivity index (χ1n) is 6.55. The molecule has 1 aromatic rings. The molecule has 0 radical (unpaired) electrons. The van der Waals surface area contributed by atoms with Crippen molar-refractivity contribution in [2.45, 2.75) is 38.4 Å². The third-order valence-corrected chi connectivity index (χ3v) is 4.07. The van der Waals surface area contributed by atoms with Gasteiger partial charge in [0.2, 0.25) is 5.91 Å². The molecule has 0 aliphatic carbocycles. The summed E-state index contributed by atoms with van der Waals surface area (Å²) in [4.78, 5) is 25.6. The first-order valence-corrected chi connectivity index (χ1v) is 6.55. The number of anilines is 1. The molecule has 5 nitrogen and oxygen atoms in total. The van der Waals surface area contributed by atoms with Gasteiger partial charge >= 0.3 is 0 Å². The minimum absolute atomic E-state index is 0.0132. The molecule has 100 valence electrons. The van der Waals surface area contributed by atoms with Crippen LogP contribution < -0.4 is 11.1 Å². The minimum Gasteiger partial charge on any atom is -0.398 e. The van der Waals surface area contributed by atoms with E-state index in [1.54, 1.807) is 0 Å². The number of piperidine rings is 1. The molecule has 5 heteroatoms. The summed E-state index contributed by atoms with van der Waals surface area (Å²) in [7, 11) is 0. The molecule has 2 amide bonds. The Balaban J connectivity index is 1.88. The highest BCUT2D eigenvalue weighted by molar-refractivity contribution is 6.00. The monoisotopic (exact) mass is 259 g/mol. The summed E-state index contributed by atoms with van der Waals surface area (Å²) in [6.45, 7) is 2.49. The Hall–Kier alpha value is -2.04. The topological polar surface area (TPSA) is 75.4 Å². The van der Waals surface area contributed by atoms with Crippen molar-refractivity contribution in [1.82, 2.24) is 10.2 Å². The van der Waals surface area contributed by atoms with Crippen LogP contribution in [0.15, 0.2) is 18.2 Å². The molecular weight excluding hydrogens is 242 g/mol. The number of hydrogen-bond acceptors (Lipinski definition) is 3. The number of fused-ring (bicyclic) bond motifs is 1. The Labute approximate surface area is 111 Å². The van der Waals surface area contributed by atoms with Crippen LogP contribution in [-0.4, -0.2) is 28.8 Å². The van der Waals surface area contributed by atoms with E-state index in [1.807, 2.05) is 30.0 Å². The smallest absolute Gasteiger partial charge is 0.254 e. The van der Waals surface area contributed by atoms with Gasteiger partial charge in [-0.05, 0) is 25.5 Å². The van der Waals surface area contributed by atoms with Gasteiger partial charge in [0.05, 0.1) is 6.04 Å². The first kappa shape index (κ1) is 12.0. The Morgan fingerprint density at radius 1 is 1.37 bits per heavy atom. The molecule has 2 atom stereocenters. The Morgan fingerprint density at radius 2 is 2.16 bits per heavy atom. The number of benzene rings is 1. The van der Waals surface area contributed by atoms with Gasteiger partial charge in [0.25, 0.3) is 5.91 Å². The molecule has 0 aromatic heterocycles. The summed E-state index contributed by atoms with van der Waals surface area (Å²) in [6, 6.07) is 5.49. The summed E-state index contributed by atoms with van der Waals surface area (Å²) in [5.74, 6) is 0.0859. The molecule has 19 heavy (non-hydrogen) atoms. The van der Waals surface area contributed by atoms with Crippen LogP contribution in [0.1, 0.15) is 35.7 Å². The molecule has 2 aliphatic rings. The molecule has 1 aromatic carbocycles. The Bertz CT molecular complexity index is 556. The van der Waals surface area contributed by atoms with Crippen LogP contribution in [0.3, 0.4) is 0 Å². The zero-order valence-electron chi connectivity index (χ0n) is 10.8. The number of nitrogens with zero attached hydrogens (tertiary/aromatic N) is 1. The van der Waals surface area contributed by atoms with Crippen molar-refractivity contribution in [3.05, 3.63) is 29.3 Å². The van der Waals surface area contributed by atoms with Crippen LogP contribution in [0.5, 0.6) is 0 Å². The molecule has 3 N–H and O–H groups in total. The Kier molecular flexibility index (Phi) is 2.69. The lowest BCUT2D eigenvalue weighted by molar-refractivity contribution is -0.124. The third kappa shape index (κ3) is 1.85. The second-order valence-corrected chi connectivity index (χ2v) is 5.27. The maximum Gasteiger partial charge on any atom is 0.254 e. The van der Waals surface area contributed by atoms with E-state index in [0.29, 0.717) is 30.6 Å². The largest absolute Gasteiger partial charge is 0.398 e. The molecule has 0 saturated carbocycles. The predicted molar refractivity (Wildman–Crippen MR) is 71.4 cm³/mol. The van der Waals surface area contributed by atoms with Gasteiger partial charge in [-0.3, -0.25) is 9.59 Å². The number of nitrogen functional groups attached to an aromatic ring is 1. The van der Waals surface area contributed by atoms with E-state index >= 15 is 0 Å². The molecule has 1 fully saturated rings. The van der Waals surface area contributed by atoms with Crippen molar-refractivity contribution in [3.8, 4) is 0 Å². The van der Waals surface area contributed by atoms with Crippen LogP contribution >= 0.6 is 0 Å². The number of hydrogen-bond donors (Lipinski definition) is 2. The molecule has 0 spiro atoms. The van der Waals surface area contributed by atoms with Gasteiger partial charge in [0.15, 0.2) is 0 Å². The fraction of sp³-hybridized carbons (Fsp3) is 0.429. The van der Waals surface area contributed by atoms with E-state index < -0.39 is 0 Å². The van der Waals surface area contributed by atoms with Crippen molar-refractivity contribution >= 4 is 17.5 Å². The summed E-state index contributed by atoms with van der Waals surface area (Å²) >= 11 is 0. The molecular formula is C14H17N3O2. The summed E-state index contributed by atoms with van der Waals surface area (Å²) < 4.78 is 0. The number of amides is 2. The van der Waals surface area contributed by atoms with Gasteiger partial charge in [-0.25, -0.2) is 0 Å². The van der Waals surface area contributed by atoms with E-state index in [1.165, 1.54) is 0 Å². The zero-order valence-corrected chi connectivity index (χ0v) is 10.8. The van der Waals surface area contributed by atoms with Crippen molar-refractivity contribution < 1.29 is 9.59 Å². The van der Waals surface area contributed by atoms with Crippen LogP contribution in [-0.2, 0) is 11.3 Å². The molecule has 0 bridgehead atoms. The highest BCUT2D eigenvalue weighted by Gasteiger charge is 2.38. The molecule has 2 heterocycles. The lowest BCUT2D eigenvalue weighted by atomic mass is 9.98. The van der Waals surface area contributed by atoms with E-state index in [9.17, 15) is 9.59 Å². The number of nitrogens with two attached hydrogens (primary N) is 1. The van der Waals surface area contributed by atoms with Crippen molar-refractivity contribution in [2.75, 3.05) is 5.73 Å². The van der Waals surface area contributed by atoms with E-state index in [4.69, 9.17) is 5.73 Å². The summed E-state index contributed by atoms with van der Waals surface area (Å²) in [6.07, 6.45) is 1.19. The summed E-state index contributed by atoms with van der Waals surface area (Å²) in [5.41, 5.74) is 8.21. The van der Waals surface area contributed by atoms with Crippen LogP contribution in [0, 0.1) is 0 Å². The second-order valence-electron chi connectivity index (χ2n) is 5.27. The zero-order chi connectivity index (χ0) is 13.6. The van der Waals surface area contributed by atoms with Gasteiger partial charge in [-0.2, -0.15) is 0 Å². The standard InChI is InChI=1S/C14H17N3O2/c1-8-12(5-6-13(18)16-8)17-7-10-9(14(17)19)3-2-4-11(10)15/h2-4,8,12H,5-7,15H2,1H3,(H,16,18). The van der Waals surface area contributed by atoms with Crippen LogP contribution in [0.4, 0.5) is 5.69 Å². The number of rotatable bonds is 1.